The molecule has 11 rings (SSSR count). The van der Waals surface area contributed by atoms with E-state index in [0.717, 1.165) is 82.8 Å². The molecule has 49 heavy (non-hydrogen) atoms. The Labute approximate surface area is 279 Å². The van der Waals surface area contributed by atoms with Gasteiger partial charge in [0.2, 0.25) is 5.95 Å². The SMILES string of the molecule is c1ccc(-c2cc(-c3ccc4oc5c(ccc6oc7ccccc7c65)c4c3)nc(-n3c4ccccc4c4ccc5ccccc5c43)n2)cc1. The van der Waals surface area contributed by atoms with Crippen LogP contribution in [0.1, 0.15) is 0 Å². The van der Waals surface area contributed by atoms with Gasteiger partial charge in [-0.1, -0.05) is 103 Å². The maximum absolute atomic E-state index is 6.54. The largest absolute Gasteiger partial charge is 0.456 e. The van der Waals surface area contributed by atoms with Crippen molar-refractivity contribution in [3.8, 4) is 28.5 Å². The van der Waals surface area contributed by atoms with E-state index in [-0.39, 0.29) is 0 Å². The van der Waals surface area contributed by atoms with Gasteiger partial charge in [0.25, 0.3) is 0 Å². The van der Waals surface area contributed by atoms with Crippen LogP contribution in [0.25, 0.3) is 105 Å². The molecule has 0 saturated heterocycles. The van der Waals surface area contributed by atoms with Gasteiger partial charge in [-0.3, -0.25) is 4.57 Å². The number of aromatic nitrogens is 3. The minimum absolute atomic E-state index is 0.627. The summed E-state index contributed by atoms with van der Waals surface area (Å²) >= 11 is 0. The molecule has 0 aliphatic carbocycles. The van der Waals surface area contributed by atoms with Gasteiger partial charge in [0.05, 0.1) is 27.8 Å². The van der Waals surface area contributed by atoms with Crippen molar-refractivity contribution in [2.45, 2.75) is 0 Å². The highest BCUT2D eigenvalue weighted by atomic mass is 16.3. The third-order valence-electron chi connectivity index (χ3n) is 9.82. The molecule has 7 aromatic carbocycles. The van der Waals surface area contributed by atoms with E-state index in [2.05, 4.69) is 126 Å². The number of hydrogen-bond donors (Lipinski definition) is 0. The van der Waals surface area contributed by atoms with E-state index in [0.29, 0.717) is 5.95 Å². The number of hydrogen-bond acceptors (Lipinski definition) is 4. The zero-order valence-corrected chi connectivity index (χ0v) is 26.1. The quantitative estimate of drug-likeness (QED) is 0.196. The van der Waals surface area contributed by atoms with Gasteiger partial charge in [0.1, 0.15) is 22.3 Å². The van der Waals surface area contributed by atoms with Crippen molar-refractivity contribution in [2.24, 2.45) is 0 Å². The monoisotopic (exact) mass is 627 g/mol. The van der Waals surface area contributed by atoms with E-state index < -0.39 is 0 Å². The van der Waals surface area contributed by atoms with Crippen LogP contribution < -0.4 is 0 Å². The molecule has 0 bridgehead atoms. The van der Waals surface area contributed by atoms with E-state index >= 15 is 0 Å². The predicted octanol–water partition coefficient (Wildman–Crippen LogP) is 11.9. The van der Waals surface area contributed by atoms with Crippen molar-refractivity contribution in [2.75, 3.05) is 0 Å². The van der Waals surface area contributed by atoms with Crippen LogP contribution in [0.5, 0.6) is 0 Å². The first-order chi connectivity index (χ1) is 24.3. The van der Waals surface area contributed by atoms with Crippen LogP contribution in [0.3, 0.4) is 0 Å². The van der Waals surface area contributed by atoms with Crippen molar-refractivity contribution in [3.05, 3.63) is 152 Å². The number of fused-ring (bicyclic) bond motifs is 12. The Morgan fingerprint density at radius 1 is 0.429 bits per heavy atom. The standard InChI is InChI=1S/C44H25N3O2/c1-2-11-27(12-3-1)35-25-36(28-19-22-39-34(24-28)32-21-23-40-41(43(32)49-39)33-15-7-9-17-38(33)48-40)46-44(45-35)47-37-16-8-6-14-30(37)31-20-18-26-10-4-5-13-29(26)42(31)47/h1-25H. The number of furan rings is 2. The Balaban J connectivity index is 1.20. The second kappa shape index (κ2) is 9.89. The molecular weight excluding hydrogens is 603 g/mol. The summed E-state index contributed by atoms with van der Waals surface area (Å²) in [6, 6.07) is 52.5. The molecule has 0 N–H and O–H groups in total. The summed E-state index contributed by atoms with van der Waals surface area (Å²) in [6.07, 6.45) is 0. The topological polar surface area (TPSA) is 57.0 Å². The fourth-order valence-corrected chi connectivity index (χ4v) is 7.58. The fraction of sp³-hybridized carbons (Fsp3) is 0. The minimum atomic E-state index is 0.627. The fourth-order valence-electron chi connectivity index (χ4n) is 7.58. The normalized spacial score (nSPS) is 12.1. The van der Waals surface area contributed by atoms with Gasteiger partial charge in [0.15, 0.2) is 0 Å². The third kappa shape index (κ3) is 3.81. The average Bonchev–Trinajstić information content (AvgIpc) is 3.84. The van der Waals surface area contributed by atoms with E-state index in [1.54, 1.807) is 0 Å². The molecule has 0 fully saturated rings. The summed E-state index contributed by atoms with van der Waals surface area (Å²) in [7, 11) is 0. The van der Waals surface area contributed by atoms with Crippen molar-refractivity contribution in [1.29, 1.82) is 0 Å². The minimum Gasteiger partial charge on any atom is -0.456 e. The zero-order chi connectivity index (χ0) is 32.1. The summed E-state index contributed by atoms with van der Waals surface area (Å²) in [5, 5.41) is 8.81. The summed E-state index contributed by atoms with van der Waals surface area (Å²) in [6.45, 7) is 0. The summed E-state index contributed by atoms with van der Waals surface area (Å²) in [4.78, 5) is 10.6. The van der Waals surface area contributed by atoms with Crippen LogP contribution in [0.4, 0.5) is 0 Å². The van der Waals surface area contributed by atoms with Gasteiger partial charge < -0.3 is 8.83 Å². The van der Waals surface area contributed by atoms with Crippen LogP contribution in [0.15, 0.2) is 160 Å². The first-order valence-electron chi connectivity index (χ1n) is 16.4. The third-order valence-corrected chi connectivity index (χ3v) is 9.82. The van der Waals surface area contributed by atoms with Crippen LogP contribution in [-0.2, 0) is 0 Å². The number of benzene rings is 7. The molecule has 0 unspecified atom stereocenters. The molecule has 0 aliphatic rings. The van der Waals surface area contributed by atoms with Gasteiger partial charge in [-0.05, 0) is 53.9 Å². The average molecular weight is 628 g/mol. The van der Waals surface area contributed by atoms with Crippen molar-refractivity contribution >= 4 is 76.5 Å². The molecule has 4 aromatic heterocycles. The van der Waals surface area contributed by atoms with E-state index in [9.17, 15) is 0 Å². The lowest BCUT2D eigenvalue weighted by Gasteiger charge is -2.12. The number of rotatable bonds is 3. The first-order valence-corrected chi connectivity index (χ1v) is 16.4. The molecule has 228 valence electrons. The Morgan fingerprint density at radius 2 is 1.12 bits per heavy atom. The van der Waals surface area contributed by atoms with E-state index in [1.807, 2.05) is 30.3 Å². The molecule has 0 aliphatic heterocycles. The smallest absolute Gasteiger partial charge is 0.235 e. The van der Waals surface area contributed by atoms with Gasteiger partial charge in [0, 0.05) is 43.4 Å². The number of nitrogens with zero attached hydrogens (tertiary/aromatic N) is 3. The molecule has 5 nitrogen and oxygen atoms in total. The molecular formula is C44H25N3O2. The molecule has 4 heterocycles. The Bertz CT molecular complexity index is 3110. The predicted molar refractivity (Wildman–Crippen MR) is 199 cm³/mol. The highest BCUT2D eigenvalue weighted by Gasteiger charge is 2.20. The maximum Gasteiger partial charge on any atom is 0.235 e. The molecule has 0 saturated carbocycles. The lowest BCUT2D eigenvalue weighted by atomic mass is 10.0. The summed E-state index contributed by atoms with van der Waals surface area (Å²) < 4.78 is 14.9. The molecule has 0 spiro atoms. The lowest BCUT2D eigenvalue weighted by molar-refractivity contribution is 0.663. The lowest BCUT2D eigenvalue weighted by Crippen LogP contribution is -2.04. The van der Waals surface area contributed by atoms with Crippen molar-refractivity contribution < 1.29 is 8.83 Å². The van der Waals surface area contributed by atoms with Crippen LogP contribution >= 0.6 is 0 Å². The Kier molecular flexibility index (Phi) is 5.32. The van der Waals surface area contributed by atoms with Gasteiger partial charge >= 0.3 is 0 Å². The summed E-state index contributed by atoms with van der Waals surface area (Å²) in [5.41, 5.74) is 9.20. The highest BCUT2D eigenvalue weighted by molar-refractivity contribution is 6.22. The Morgan fingerprint density at radius 3 is 2.02 bits per heavy atom. The van der Waals surface area contributed by atoms with Gasteiger partial charge in [-0.25, -0.2) is 9.97 Å². The van der Waals surface area contributed by atoms with Gasteiger partial charge in [-0.15, -0.1) is 0 Å². The maximum atomic E-state index is 6.54. The molecule has 0 radical (unpaired) electrons. The molecule has 11 aromatic rings. The second-order valence-corrected chi connectivity index (χ2v) is 12.6. The number of para-hydroxylation sites is 2. The second-order valence-electron chi connectivity index (χ2n) is 12.6. The van der Waals surface area contributed by atoms with E-state index in [1.165, 1.54) is 16.2 Å². The van der Waals surface area contributed by atoms with Crippen LogP contribution in [0.2, 0.25) is 0 Å². The van der Waals surface area contributed by atoms with Crippen LogP contribution in [0, 0.1) is 0 Å². The first kappa shape index (κ1) is 26.4. The van der Waals surface area contributed by atoms with Gasteiger partial charge in [-0.2, -0.15) is 0 Å². The highest BCUT2D eigenvalue weighted by Crippen LogP contribution is 2.41. The molecule has 0 amide bonds. The van der Waals surface area contributed by atoms with Crippen LogP contribution in [-0.4, -0.2) is 14.5 Å². The van der Waals surface area contributed by atoms with E-state index in [4.69, 9.17) is 18.8 Å². The zero-order valence-electron chi connectivity index (χ0n) is 26.1. The Hall–Kier alpha value is -6.72. The molecule has 5 heteroatoms. The molecule has 0 atom stereocenters. The van der Waals surface area contributed by atoms with Crippen molar-refractivity contribution in [1.82, 2.24) is 14.5 Å². The summed E-state index contributed by atoms with van der Waals surface area (Å²) in [5.74, 6) is 0.627. The van der Waals surface area contributed by atoms with Crippen molar-refractivity contribution in [3.63, 3.8) is 0 Å².